The fourth-order valence-corrected chi connectivity index (χ4v) is 4.89. The van der Waals surface area contributed by atoms with Crippen molar-refractivity contribution in [3.05, 3.63) is 137 Å². The summed E-state index contributed by atoms with van der Waals surface area (Å²) in [6.45, 7) is 5.52. The minimum Gasteiger partial charge on any atom is -0.489 e. The van der Waals surface area contributed by atoms with E-state index < -0.39 is 5.97 Å². The monoisotopic (exact) mass is 535 g/mol. The molecule has 0 saturated heterocycles. The number of ether oxygens (including phenoxy) is 1. The first-order chi connectivity index (χ1) is 19.6. The van der Waals surface area contributed by atoms with E-state index in [0.29, 0.717) is 12.2 Å². The summed E-state index contributed by atoms with van der Waals surface area (Å²) in [5.74, 6) is 0.0527. The third kappa shape index (κ3) is 9.39. The van der Waals surface area contributed by atoms with E-state index in [-0.39, 0.29) is 0 Å². The lowest BCUT2D eigenvalue weighted by molar-refractivity contribution is 0.0697. The first-order valence-corrected chi connectivity index (χ1v) is 14.5. The Hall–Kier alpha value is -3.89. The molecule has 4 nitrogen and oxygen atoms in total. The fraction of sp³-hybridized carbons (Fsp3) is 0.306. The molecule has 1 N–H and O–H groups in total. The first kappa shape index (κ1) is 29.1. The van der Waals surface area contributed by atoms with Crippen LogP contribution in [0.5, 0.6) is 5.75 Å². The van der Waals surface area contributed by atoms with Gasteiger partial charge in [0.1, 0.15) is 12.4 Å². The molecule has 0 saturated carbocycles. The lowest BCUT2D eigenvalue weighted by Crippen LogP contribution is -2.27. The number of unbranched alkanes of at least 4 members (excludes halogenated alkanes) is 2. The molecule has 4 rings (SSSR count). The Morgan fingerprint density at radius 3 is 2.00 bits per heavy atom. The Kier molecular flexibility index (Phi) is 11.4. The molecule has 4 aromatic rings. The quantitative estimate of drug-likeness (QED) is 0.148. The number of carbonyl (C=O) groups is 1. The molecule has 0 radical (unpaired) electrons. The van der Waals surface area contributed by atoms with Crippen LogP contribution in [0.4, 0.5) is 0 Å². The minimum absolute atomic E-state index is 0.328. The van der Waals surface area contributed by atoms with E-state index in [1.54, 1.807) is 12.1 Å². The second-order valence-corrected chi connectivity index (χ2v) is 10.4. The Morgan fingerprint density at radius 2 is 1.30 bits per heavy atom. The summed E-state index contributed by atoms with van der Waals surface area (Å²) in [4.78, 5) is 13.7. The normalized spacial score (nSPS) is 11.1. The van der Waals surface area contributed by atoms with Crippen molar-refractivity contribution in [2.24, 2.45) is 0 Å². The molecule has 0 fully saturated rings. The largest absolute Gasteiger partial charge is 0.489 e. The van der Waals surface area contributed by atoms with Gasteiger partial charge < -0.3 is 9.84 Å². The van der Waals surface area contributed by atoms with E-state index in [9.17, 15) is 9.90 Å². The molecule has 0 aromatic heterocycles. The molecule has 0 aliphatic heterocycles. The summed E-state index contributed by atoms with van der Waals surface area (Å²) in [6, 6.07) is 35.0. The van der Waals surface area contributed by atoms with Gasteiger partial charge in [0.05, 0.1) is 5.56 Å². The van der Waals surface area contributed by atoms with Crippen molar-refractivity contribution in [2.45, 2.75) is 58.6 Å². The van der Waals surface area contributed by atoms with Crippen LogP contribution < -0.4 is 4.74 Å². The molecule has 0 heterocycles. The van der Waals surface area contributed by atoms with Gasteiger partial charge in [-0.15, -0.1) is 0 Å². The molecule has 4 heteroatoms. The van der Waals surface area contributed by atoms with Crippen LogP contribution in [-0.2, 0) is 32.4 Å². The lowest BCUT2D eigenvalue weighted by Gasteiger charge is -2.23. The van der Waals surface area contributed by atoms with Crippen LogP contribution in [0.15, 0.2) is 103 Å². The molecule has 0 aliphatic carbocycles. The number of carboxylic acids is 1. The van der Waals surface area contributed by atoms with Crippen LogP contribution in [0.25, 0.3) is 0 Å². The van der Waals surface area contributed by atoms with Crippen LogP contribution in [0, 0.1) is 0 Å². The number of aryl methyl sites for hydroxylation is 2. The zero-order valence-electron chi connectivity index (χ0n) is 23.6. The number of rotatable bonds is 16. The number of benzene rings is 4. The molecule has 0 bridgehead atoms. The third-order valence-corrected chi connectivity index (χ3v) is 7.32. The van der Waals surface area contributed by atoms with Crippen LogP contribution >= 0.6 is 0 Å². The number of aromatic carboxylic acids is 1. The predicted octanol–water partition coefficient (Wildman–Crippen LogP) is 7.98. The van der Waals surface area contributed by atoms with Crippen LogP contribution in [0.2, 0.25) is 0 Å². The molecule has 0 aliphatic rings. The maximum Gasteiger partial charge on any atom is 0.335 e. The van der Waals surface area contributed by atoms with Gasteiger partial charge in [0, 0.05) is 13.1 Å². The van der Waals surface area contributed by atoms with Gasteiger partial charge in [-0.3, -0.25) is 4.90 Å². The highest BCUT2D eigenvalue weighted by atomic mass is 16.5. The zero-order chi connectivity index (χ0) is 28.0. The van der Waals surface area contributed by atoms with Gasteiger partial charge in [-0.05, 0) is 78.2 Å². The maximum absolute atomic E-state index is 11.2. The first-order valence-electron chi connectivity index (χ1n) is 14.5. The van der Waals surface area contributed by atoms with Crippen molar-refractivity contribution in [3.8, 4) is 5.75 Å². The van der Waals surface area contributed by atoms with Crippen LogP contribution in [0.1, 0.15) is 64.4 Å². The van der Waals surface area contributed by atoms with Gasteiger partial charge in [-0.25, -0.2) is 4.79 Å². The van der Waals surface area contributed by atoms with Gasteiger partial charge in [-0.1, -0.05) is 105 Å². The van der Waals surface area contributed by atoms with Gasteiger partial charge in [-0.2, -0.15) is 0 Å². The highest BCUT2D eigenvalue weighted by Crippen LogP contribution is 2.21. The number of carboxylic acid groups (broad SMARTS) is 1. The molecule has 0 amide bonds. The molecule has 0 atom stereocenters. The molecule has 208 valence electrons. The highest BCUT2D eigenvalue weighted by Gasteiger charge is 2.11. The standard InChI is InChI=1S/C36H41NO3/c1-2-3-9-25-37(27-31-20-22-34(23-21-31)36(38)39)26-24-33-12-7-8-13-35(33)40-28-32-18-16-30(17-19-32)15-14-29-10-5-4-6-11-29/h4-8,10-13,16-23H,2-3,9,14-15,24-28H2,1H3,(H,38,39). The number of hydrogen-bond donors (Lipinski definition) is 1. The predicted molar refractivity (Wildman–Crippen MR) is 163 cm³/mol. The van der Waals surface area contributed by atoms with E-state index in [0.717, 1.165) is 56.6 Å². The van der Waals surface area contributed by atoms with E-state index in [1.807, 2.05) is 18.2 Å². The number of hydrogen-bond acceptors (Lipinski definition) is 3. The second-order valence-electron chi connectivity index (χ2n) is 10.4. The summed E-state index contributed by atoms with van der Waals surface area (Å²) in [5, 5.41) is 9.20. The molecule has 40 heavy (non-hydrogen) atoms. The fourth-order valence-electron chi connectivity index (χ4n) is 4.89. The molecule has 0 spiro atoms. The second kappa shape index (κ2) is 15.6. The number of nitrogens with zero attached hydrogens (tertiary/aromatic N) is 1. The van der Waals surface area contributed by atoms with Crippen molar-refractivity contribution in [2.75, 3.05) is 13.1 Å². The van der Waals surface area contributed by atoms with Gasteiger partial charge in [0.25, 0.3) is 0 Å². The smallest absolute Gasteiger partial charge is 0.335 e. The van der Waals surface area contributed by atoms with E-state index in [2.05, 4.69) is 84.6 Å². The van der Waals surface area contributed by atoms with Crippen LogP contribution in [0.3, 0.4) is 0 Å². The van der Waals surface area contributed by atoms with E-state index >= 15 is 0 Å². The summed E-state index contributed by atoms with van der Waals surface area (Å²) >= 11 is 0. The summed E-state index contributed by atoms with van der Waals surface area (Å²) in [5.41, 5.74) is 6.56. The van der Waals surface area contributed by atoms with Gasteiger partial charge >= 0.3 is 5.97 Å². The summed E-state index contributed by atoms with van der Waals surface area (Å²) in [7, 11) is 0. The highest BCUT2D eigenvalue weighted by molar-refractivity contribution is 5.87. The van der Waals surface area contributed by atoms with E-state index in [1.165, 1.54) is 35.1 Å². The average molecular weight is 536 g/mol. The molecular weight excluding hydrogens is 494 g/mol. The molecular formula is C36H41NO3. The Bertz CT molecular complexity index is 1300. The maximum atomic E-state index is 11.2. The Morgan fingerprint density at radius 1 is 0.675 bits per heavy atom. The SMILES string of the molecule is CCCCCN(CCc1ccccc1OCc1ccc(CCc2ccccc2)cc1)Cc1ccc(C(=O)O)cc1. The molecule has 4 aromatic carbocycles. The van der Waals surface area contributed by atoms with Crippen molar-refractivity contribution in [3.63, 3.8) is 0 Å². The summed E-state index contributed by atoms with van der Waals surface area (Å²) in [6.07, 6.45) is 6.53. The van der Waals surface area contributed by atoms with Crippen molar-refractivity contribution in [1.82, 2.24) is 4.90 Å². The van der Waals surface area contributed by atoms with E-state index in [4.69, 9.17) is 4.74 Å². The lowest BCUT2D eigenvalue weighted by atomic mass is 10.0. The molecule has 0 unspecified atom stereocenters. The Labute approximate surface area is 239 Å². The van der Waals surface area contributed by atoms with Crippen molar-refractivity contribution in [1.29, 1.82) is 0 Å². The van der Waals surface area contributed by atoms with Crippen molar-refractivity contribution >= 4 is 5.97 Å². The average Bonchev–Trinajstić information content (AvgIpc) is 2.99. The number of para-hydroxylation sites is 1. The third-order valence-electron chi connectivity index (χ3n) is 7.32. The van der Waals surface area contributed by atoms with Gasteiger partial charge in [0.2, 0.25) is 0 Å². The van der Waals surface area contributed by atoms with Crippen LogP contribution in [-0.4, -0.2) is 29.1 Å². The van der Waals surface area contributed by atoms with Gasteiger partial charge in [0.15, 0.2) is 0 Å². The topological polar surface area (TPSA) is 49.8 Å². The minimum atomic E-state index is -0.887. The Balaban J connectivity index is 1.32. The zero-order valence-corrected chi connectivity index (χ0v) is 23.6. The summed E-state index contributed by atoms with van der Waals surface area (Å²) < 4.78 is 6.30. The van der Waals surface area contributed by atoms with Crippen molar-refractivity contribution < 1.29 is 14.6 Å².